The molecule has 4 nitrogen and oxygen atoms in total. The van der Waals surface area contributed by atoms with Crippen LogP contribution in [0.4, 0.5) is 0 Å². The highest BCUT2D eigenvalue weighted by atomic mass is 16.4. The Kier molecular flexibility index (Phi) is 2.51. The molecule has 2 aliphatic rings. The van der Waals surface area contributed by atoms with Gasteiger partial charge >= 0.3 is 5.97 Å². The minimum Gasteiger partial charge on any atom is -0.481 e. The van der Waals surface area contributed by atoms with Crippen molar-refractivity contribution in [2.75, 3.05) is 6.54 Å². The fraction of sp³-hybridized carbons (Fsp3) is 0.909. The van der Waals surface area contributed by atoms with E-state index in [0.29, 0.717) is 12.6 Å². The molecular formula is C11H19NO3. The highest BCUT2D eigenvalue weighted by molar-refractivity contribution is 5.71. The number of hydrogen-bond acceptors (Lipinski definition) is 3. The SMILES string of the molecule is CC(C)(O)CN1C2CCC1C(C(=O)O)C2. The third-order valence-electron chi connectivity index (χ3n) is 3.57. The largest absolute Gasteiger partial charge is 0.481 e. The number of carbonyl (C=O) groups is 1. The zero-order chi connectivity index (χ0) is 11.2. The van der Waals surface area contributed by atoms with Gasteiger partial charge in [0.2, 0.25) is 0 Å². The van der Waals surface area contributed by atoms with Crippen molar-refractivity contribution in [2.45, 2.75) is 50.8 Å². The topological polar surface area (TPSA) is 60.8 Å². The second kappa shape index (κ2) is 3.46. The first-order valence-corrected chi connectivity index (χ1v) is 5.59. The number of carboxylic acids is 1. The number of carboxylic acid groups (broad SMARTS) is 1. The summed E-state index contributed by atoms with van der Waals surface area (Å²) in [4.78, 5) is 13.2. The predicted molar refractivity (Wildman–Crippen MR) is 55.6 cm³/mol. The predicted octanol–water partition coefficient (Wildman–Crippen LogP) is 0.695. The fourth-order valence-electron chi connectivity index (χ4n) is 3.06. The van der Waals surface area contributed by atoms with E-state index in [4.69, 9.17) is 5.11 Å². The van der Waals surface area contributed by atoms with Crippen LogP contribution in [0.15, 0.2) is 0 Å². The standard InChI is InChI=1S/C11H19NO3/c1-11(2,15)6-12-7-3-4-9(12)8(5-7)10(13)14/h7-9,15H,3-6H2,1-2H3,(H,13,14). The van der Waals surface area contributed by atoms with Crippen molar-refractivity contribution in [2.24, 2.45) is 5.92 Å². The Bertz CT molecular complexity index is 271. The van der Waals surface area contributed by atoms with Crippen LogP contribution in [0.5, 0.6) is 0 Å². The molecule has 3 atom stereocenters. The van der Waals surface area contributed by atoms with Crippen LogP contribution in [-0.4, -0.2) is 45.3 Å². The van der Waals surface area contributed by atoms with Gasteiger partial charge in [-0.25, -0.2) is 0 Å². The van der Waals surface area contributed by atoms with E-state index in [0.717, 1.165) is 19.3 Å². The Morgan fingerprint density at radius 2 is 2.13 bits per heavy atom. The summed E-state index contributed by atoms with van der Waals surface area (Å²) >= 11 is 0. The third kappa shape index (κ3) is 2.01. The molecule has 3 unspecified atom stereocenters. The van der Waals surface area contributed by atoms with Crippen molar-refractivity contribution in [3.63, 3.8) is 0 Å². The van der Waals surface area contributed by atoms with Crippen LogP contribution < -0.4 is 0 Å². The third-order valence-corrected chi connectivity index (χ3v) is 3.57. The minimum atomic E-state index is -0.728. The van der Waals surface area contributed by atoms with Crippen LogP contribution in [0.1, 0.15) is 33.1 Å². The van der Waals surface area contributed by atoms with Crippen molar-refractivity contribution < 1.29 is 15.0 Å². The van der Waals surface area contributed by atoms with Crippen LogP contribution in [-0.2, 0) is 4.79 Å². The van der Waals surface area contributed by atoms with Crippen LogP contribution in [0.2, 0.25) is 0 Å². The van der Waals surface area contributed by atoms with Gasteiger partial charge in [0, 0.05) is 18.6 Å². The maximum Gasteiger partial charge on any atom is 0.308 e. The van der Waals surface area contributed by atoms with Gasteiger partial charge in [-0.05, 0) is 33.1 Å². The van der Waals surface area contributed by atoms with E-state index in [1.165, 1.54) is 0 Å². The van der Waals surface area contributed by atoms with E-state index < -0.39 is 11.6 Å². The molecule has 2 saturated heterocycles. The van der Waals surface area contributed by atoms with Gasteiger partial charge in [-0.3, -0.25) is 9.69 Å². The van der Waals surface area contributed by atoms with E-state index in [-0.39, 0.29) is 12.0 Å². The molecule has 2 bridgehead atoms. The zero-order valence-corrected chi connectivity index (χ0v) is 9.31. The smallest absolute Gasteiger partial charge is 0.308 e. The van der Waals surface area contributed by atoms with Gasteiger partial charge in [0.05, 0.1) is 11.5 Å². The lowest BCUT2D eigenvalue weighted by molar-refractivity contribution is -0.142. The molecule has 15 heavy (non-hydrogen) atoms. The van der Waals surface area contributed by atoms with Gasteiger partial charge in [-0.2, -0.15) is 0 Å². The minimum absolute atomic E-state index is 0.152. The van der Waals surface area contributed by atoms with Crippen LogP contribution >= 0.6 is 0 Å². The molecule has 4 heteroatoms. The number of aliphatic hydroxyl groups is 1. The highest BCUT2D eigenvalue weighted by Gasteiger charge is 2.49. The Morgan fingerprint density at radius 1 is 1.47 bits per heavy atom. The molecule has 0 aromatic heterocycles. The molecule has 0 aliphatic carbocycles. The van der Waals surface area contributed by atoms with Gasteiger partial charge in [0.1, 0.15) is 0 Å². The number of aliphatic carboxylic acids is 1. The molecule has 2 fully saturated rings. The summed E-state index contributed by atoms with van der Waals surface area (Å²) in [6.07, 6.45) is 2.82. The lowest BCUT2D eigenvalue weighted by atomic mass is 9.89. The monoisotopic (exact) mass is 213 g/mol. The number of nitrogens with zero attached hydrogens (tertiary/aromatic N) is 1. The van der Waals surface area contributed by atoms with E-state index >= 15 is 0 Å². The molecule has 0 aromatic rings. The lowest BCUT2D eigenvalue weighted by Gasteiger charge is -2.29. The molecule has 2 rings (SSSR count). The highest BCUT2D eigenvalue weighted by Crippen LogP contribution is 2.42. The maximum atomic E-state index is 11.0. The average molecular weight is 213 g/mol. The Hall–Kier alpha value is -0.610. The first-order valence-electron chi connectivity index (χ1n) is 5.59. The van der Waals surface area contributed by atoms with Crippen molar-refractivity contribution in [1.82, 2.24) is 4.90 Å². The molecular weight excluding hydrogens is 194 g/mol. The molecule has 0 radical (unpaired) electrons. The summed E-state index contributed by atoms with van der Waals surface area (Å²) in [5.41, 5.74) is -0.728. The summed E-state index contributed by atoms with van der Waals surface area (Å²) in [5, 5.41) is 18.8. The van der Waals surface area contributed by atoms with Gasteiger partial charge in [-0.15, -0.1) is 0 Å². The molecule has 2 N–H and O–H groups in total. The number of rotatable bonds is 3. The van der Waals surface area contributed by atoms with Crippen LogP contribution in [0.3, 0.4) is 0 Å². The second-order valence-corrected chi connectivity index (χ2v) is 5.46. The summed E-state index contributed by atoms with van der Waals surface area (Å²) in [6, 6.07) is 0.529. The van der Waals surface area contributed by atoms with Crippen molar-refractivity contribution in [3.8, 4) is 0 Å². The van der Waals surface area contributed by atoms with Crippen molar-refractivity contribution in [3.05, 3.63) is 0 Å². The molecule has 2 aliphatic heterocycles. The first kappa shape index (κ1) is 10.9. The Morgan fingerprint density at radius 3 is 2.60 bits per heavy atom. The van der Waals surface area contributed by atoms with E-state index in [1.54, 1.807) is 13.8 Å². The van der Waals surface area contributed by atoms with E-state index in [9.17, 15) is 9.90 Å². The molecule has 86 valence electrons. The summed E-state index contributed by atoms with van der Waals surface area (Å²) < 4.78 is 0. The Balaban J connectivity index is 2.07. The van der Waals surface area contributed by atoms with Crippen molar-refractivity contribution >= 4 is 5.97 Å². The van der Waals surface area contributed by atoms with Gasteiger partial charge < -0.3 is 10.2 Å². The number of hydrogen-bond donors (Lipinski definition) is 2. The van der Waals surface area contributed by atoms with E-state index in [1.807, 2.05) is 0 Å². The molecule has 0 aromatic carbocycles. The fourth-order valence-corrected chi connectivity index (χ4v) is 3.06. The maximum absolute atomic E-state index is 11.0. The van der Waals surface area contributed by atoms with Gasteiger partial charge in [0.25, 0.3) is 0 Å². The summed E-state index contributed by atoms with van der Waals surface area (Å²) in [6.45, 7) is 4.15. The quantitative estimate of drug-likeness (QED) is 0.724. The molecule has 2 heterocycles. The molecule has 0 spiro atoms. The van der Waals surface area contributed by atoms with Crippen molar-refractivity contribution in [1.29, 1.82) is 0 Å². The molecule has 0 amide bonds. The van der Waals surface area contributed by atoms with Crippen LogP contribution in [0, 0.1) is 5.92 Å². The molecule has 0 saturated carbocycles. The average Bonchev–Trinajstić information content (AvgIpc) is 2.59. The van der Waals surface area contributed by atoms with Gasteiger partial charge in [-0.1, -0.05) is 0 Å². The lowest BCUT2D eigenvalue weighted by Crippen LogP contribution is -2.42. The van der Waals surface area contributed by atoms with E-state index in [2.05, 4.69) is 4.90 Å². The van der Waals surface area contributed by atoms with Crippen LogP contribution in [0.25, 0.3) is 0 Å². The Labute approximate surface area is 89.9 Å². The summed E-state index contributed by atoms with van der Waals surface area (Å²) in [5.74, 6) is -0.894. The zero-order valence-electron chi connectivity index (χ0n) is 9.31. The number of fused-ring (bicyclic) bond motifs is 2. The second-order valence-electron chi connectivity index (χ2n) is 5.46. The first-order chi connectivity index (χ1) is 6.88. The normalized spacial score (nSPS) is 36.1. The summed E-state index contributed by atoms with van der Waals surface area (Å²) in [7, 11) is 0. The van der Waals surface area contributed by atoms with Gasteiger partial charge in [0.15, 0.2) is 0 Å².